The van der Waals surface area contributed by atoms with Crippen LogP contribution < -0.4 is 4.74 Å². The molecule has 1 aromatic rings. The molecule has 0 bridgehead atoms. The molecule has 2 nitrogen and oxygen atoms in total. The van der Waals surface area contributed by atoms with Crippen molar-refractivity contribution in [3.05, 3.63) is 29.3 Å². The van der Waals surface area contributed by atoms with Crippen LogP contribution in [0.1, 0.15) is 11.1 Å². The third kappa shape index (κ3) is 2.71. The molecule has 0 amide bonds. The van der Waals surface area contributed by atoms with Crippen LogP contribution in [0.5, 0.6) is 5.75 Å². The highest BCUT2D eigenvalue weighted by molar-refractivity contribution is 5.57. The van der Waals surface area contributed by atoms with E-state index in [2.05, 4.69) is 0 Å². The number of rotatable bonds is 3. The number of hydrogen-bond donors (Lipinski definition) is 0. The molecule has 82 valence electrons. The van der Waals surface area contributed by atoms with Crippen LogP contribution >= 0.6 is 0 Å². The van der Waals surface area contributed by atoms with Gasteiger partial charge in [0, 0.05) is 6.42 Å². The number of methoxy groups -OCH3 is 1. The maximum absolute atomic E-state index is 12.5. The van der Waals surface area contributed by atoms with Gasteiger partial charge < -0.3 is 9.53 Å². The Morgan fingerprint density at radius 2 is 2.07 bits per heavy atom. The van der Waals surface area contributed by atoms with E-state index in [4.69, 9.17) is 4.74 Å². The first-order valence-corrected chi connectivity index (χ1v) is 4.16. The summed E-state index contributed by atoms with van der Waals surface area (Å²) < 4.78 is 42.2. The maximum atomic E-state index is 12.5. The number of benzene rings is 1. The van der Waals surface area contributed by atoms with Gasteiger partial charge in [-0.25, -0.2) is 0 Å². The van der Waals surface area contributed by atoms with Gasteiger partial charge in [-0.05, 0) is 17.7 Å². The van der Waals surface area contributed by atoms with Gasteiger partial charge in [-0.2, -0.15) is 13.2 Å². The minimum absolute atomic E-state index is 0.0432. The highest BCUT2D eigenvalue weighted by atomic mass is 19.4. The second-order valence-electron chi connectivity index (χ2n) is 2.89. The molecule has 0 fully saturated rings. The van der Waals surface area contributed by atoms with Gasteiger partial charge in [0.2, 0.25) is 0 Å². The van der Waals surface area contributed by atoms with E-state index in [9.17, 15) is 18.0 Å². The lowest BCUT2D eigenvalue weighted by molar-refractivity contribution is -0.138. The average Bonchev–Trinajstić information content (AvgIpc) is 2.17. The zero-order valence-corrected chi connectivity index (χ0v) is 7.97. The minimum Gasteiger partial charge on any atom is -0.497 e. The highest BCUT2D eigenvalue weighted by Crippen LogP contribution is 2.34. The third-order valence-corrected chi connectivity index (χ3v) is 1.93. The predicted octanol–water partition coefficient (Wildman–Crippen LogP) is 2.46. The summed E-state index contributed by atoms with van der Waals surface area (Å²) in [6.45, 7) is 0. The fraction of sp³-hybridized carbons (Fsp3) is 0.300. The molecule has 0 radical (unpaired) electrons. The molecule has 0 aromatic heterocycles. The summed E-state index contributed by atoms with van der Waals surface area (Å²) >= 11 is 0. The largest absolute Gasteiger partial charge is 0.497 e. The molecule has 0 unspecified atom stereocenters. The van der Waals surface area contributed by atoms with Crippen molar-refractivity contribution < 1.29 is 22.7 Å². The van der Waals surface area contributed by atoms with Crippen LogP contribution in [0.3, 0.4) is 0 Å². The van der Waals surface area contributed by atoms with E-state index < -0.39 is 11.7 Å². The Labute approximate surface area is 84.7 Å². The van der Waals surface area contributed by atoms with E-state index in [0.29, 0.717) is 6.29 Å². The lowest BCUT2D eigenvalue weighted by Crippen LogP contribution is -2.09. The van der Waals surface area contributed by atoms with E-state index in [1.807, 2.05) is 0 Å². The van der Waals surface area contributed by atoms with Crippen molar-refractivity contribution in [2.24, 2.45) is 0 Å². The molecular weight excluding hydrogens is 209 g/mol. The van der Waals surface area contributed by atoms with Gasteiger partial charge in [0.15, 0.2) is 0 Å². The summed E-state index contributed by atoms with van der Waals surface area (Å²) in [5.41, 5.74) is -0.868. The number of carbonyl (C=O) groups excluding carboxylic acids is 1. The number of alkyl halides is 3. The molecule has 1 aromatic carbocycles. The Kier molecular flexibility index (Phi) is 3.34. The number of carbonyl (C=O) groups is 1. The van der Waals surface area contributed by atoms with E-state index in [-0.39, 0.29) is 17.7 Å². The molecule has 0 N–H and O–H groups in total. The molecule has 0 atom stereocenters. The van der Waals surface area contributed by atoms with Gasteiger partial charge in [-0.1, -0.05) is 6.07 Å². The standard InChI is InChI=1S/C10H9F3O2/c1-15-8-3-2-7(4-5-14)9(6-8)10(11,12)13/h2-3,5-6H,4H2,1H3. The average molecular weight is 218 g/mol. The van der Waals surface area contributed by atoms with Crippen molar-refractivity contribution >= 4 is 6.29 Å². The number of hydrogen-bond acceptors (Lipinski definition) is 2. The van der Waals surface area contributed by atoms with E-state index in [0.717, 1.165) is 6.07 Å². The third-order valence-electron chi connectivity index (χ3n) is 1.93. The minimum atomic E-state index is -4.47. The fourth-order valence-electron chi connectivity index (χ4n) is 1.21. The number of ether oxygens (including phenoxy) is 1. The lowest BCUT2D eigenvalue weighted by atomic mass is 10.0. The summed E-state index contributed by atoms with van der Waals surface area (Å²) in [5, 5.41) is 0. The first kappa shape index (κ1) is 11.6. The van der Waals surface area contributed by atoms with Crippen LogP contribution in [0.4, 0.5) is 13.2 Å². The van der Waals surface area contributed by atoms with Crippen LogP contribution in [-0.2, 0) is 17.4 Å². The van der Waals surface area contributed by atoms with Crippen LogP contribution in [0, 0.1) is 0 Å². The Morgan fingerprint density at radius 1 is 1.40 bits per heavy atom. The van der Waals surface area contributed by atoms with Crippen LogP contribution in [0.25, 0.3) is 0 Å². The molecule has 5 heteroatoms. The normalized spacial score (nSPS) is 11.2. The Hall–Kier alpha value is -1.52. The summed E-state index contributed by atoms with van der Waals surface area (Å²) in [7, 11) is 1.29. The van der Waals surface area contributed by atoms with E-state index in [1.54, 1.807) is 0 Å². The van der Waals surface area contributed by atoms with E-state index in [1.165, 1.54) is 19.2 Å². The monoisotopic (exact) mass is 218 g/mol. The number of halogens is 3. The lowest BCUT2D eigenvalue weighted by Gasteiger charge is -2.12. The molecule has 15 heavy (non-hydrogen) atoms. The van der Waals surface area contributed by atoms with Crippen molar-refractivity contribution in [3.8, 4) is 5.75 Å². The summed E-state index contributed by atoms with van der Waals surface area (Å²) in [6, 6.07) is 3.53. The molecule has 0 aliphatic carbocycles. The fourth-order valence-corrected chi connectivity index (χ4v) is 1.21. The molecule has 0 saturated carbocycles. The van der Waals surface area contributed by atoms with E-state index >= 15 is 0 Å². The first-order valence-electron chi connectivity index (χ1n) is 4.16. The van der Waals surface area contributed by atoms with Crippen LogP contribution in [0.15, 0.2) is 18.2 Å². The molecule has 0 saturated heterocycles. The SMILES string of the molecule is COc1ccc(CC=O)c(C(F)(F)F)c1. The predicted molar refractivity (Wildman–Crippen MR) is 47.8 cm³/mol. The molecule has 0 aliphatic heterocycles. The van der Waals surface area contributed by atoms with Crippen molar-refractivity contribution in [2.45, 2.75) is 12.6 Å². The molecular formula is C10H9F3O2. The Bertz CT molecular complexity index is 358. The van der Waals surface area contributed by atoms with Gasteiger partial charge >= 0.3 is 6.18 Å². The van der Waals surface area contributed by atoms with Gasteiger partial charge in [0.1, 0.15) is 12.0 Å². The molecule has 1 rings (SSSR count). The Balaban J connectivity index is 3.22. The zero-order chi connectivity index (χ0) is 11.5. The van der Waals surface area contributed by atoms with Crippen LogP contribution in [0.2, 0.25) is 0 Å². The highest BCUT2D eigenvalue weighted by Gasteiger charge is 2.33. The van der Waals surface area contributed by atoms with Crippen molar-refractivity contribution in [2.75, 3.05) is 7.11 Å². The topological polar surface area (TPSA) is 26.3 Å². The molecule has 0 heterocycles. The molecule has 0 aliphatic rings. The second-order valence-corrected chi connectivity index (χ2v) is 2.89. The van der Waals surface area contributed by atoms with Gasteiger partial charge in [0.25, 0.3) is 0 Å². The van der Waals surface area contributed by atoms with Crippen molar-refractivity contribution in [1.82, 2.24) is 0 Å². The first-order chi connectivity index (χ1) is 6.99. The van der Waals surface area contributed by atoms with Crippen molar-refractivity contribution in [3.63, 3.8) is 0 Å². The van der Waals surface area contributed by atoms with Gasteiger partial charge in [0.05, 0.1) is 12.7 Å². The van der Waals surface area contributed by atoms with Gasteiger partial charge in [-0.3, -0.25) is 0 Å². The smallest absolute Gasteiger partial charge is 0.416 e. The maximum Gasteiger partial charge on any atom is 0.416 e. The zero-order valence-electron chi connectivity index (χ0n) is 7.97. The molecule has 0 spiro atoms. The second kappa shape index (κ2) is 4.33. The number of aldehydes is 1. The van der Waals surface area contributed by atoms with Gasteiger partial charge in [-0.15, -0.1) is 0 Å². The summed E-state index contributed by atoms with van der Waals surface area (Å²) in [4.78, 5) is 10.2. The summed E-state index contributed by atoms with van der Waals surface area (Å²) in [5.74, 6) is 0.122. The Morgan fingerprint density at radius 3 is 2.53 bits per heavy atom. The van der Waals surface area contributed by atoms with Crippen LogP contribution in [-0.4, -0.2) is 13.4 Å². The summed E-state index contributed by atoms with van der Waals surface area (Å²) in [6.07, 6.45) is -4.28. The quantitative estimate of drug-likeness (QED) is 0.728. The van der Waals surface area contributed by atoms with Crippen molar-refractivity contribution in [1.29, 1.82) is 0 Å².